The lowest BCUT2D eigenvalue weighted by Gasteiger charge is -2.08. The summed E-state index contributed by atoms with van der Waals surface area (Å²) >= 11 is 6.13. The molecule has 1 unspecified atom stereocenters. The van der Waals surface area contributed by atoms with E-state index in [1.54, 1.807) is 0 Å². The summed E-state index contributed by atoms with van der Waals surface area (Å²) < 4.78 is 39.9. The van der Waals surface area contributed by atoms with Gasteiger partial charge in [0, 0.05) is 34.9 Å². The average molecular weight is 382 g/mol. The number of rotatable bonds is 5. The summed E-state index contributed by atoms with van der Waals surface area (Å²) in [7, 11) is 0. The van der Waals surface area contributed by atoms with Crippen molar-refractivity contribution in [3.8, 4) is 0 Å². The van der Waals surface area contributed by atoms with Crippen LogP contribution in [0.4, 0.5) is 13.2 Å². The normalized spacial score (nSPS) is 13.3. The summed E-state index contributed by atoms with van der Waals surface area (Å²) in [5.74, 6) is 0.185. The molecule has 3 nitrogen and oxygen atoms in total. The number of hydrogen-bond donors (Lipinski definition) is 1. The Morgan fingerprint density at radius 3 is 2.62 bits per heavy atom. The second kappa shape index (κ2) is 7.29. The van der Waals surface area contributed by atoms with E-state index >= 15 is 0 Å². The van der Waals surface area contributed by atoms with Crippen molar-refractivity contribution in [3.63, 3.8) is 0 Å². The molecule has 1 atom stereocenters. The van der Waals surface area contributed by atoms with Crippen molar-refractivity contribution in [2.45, 2.75) is 32.0 Å². The fourth-order valence-electron chi connectivity index (χ4n) is 2.99. The Hall–Kier alpha value is -2.05. The van der Waals surface area contributed by atoms with Gasteiger partial charge in [0.25, 0.3) is 0 Å². The predicted molar refractivity (Wildman–Crippen MR) is 97.4 cm³/mol. The van der Waals surface area contributed by atoms with Crippen molar-refractivity contribution in [2.75, 3.05) is 6.54 Å². The SMILES string of the molecule is CC(CN)c1cn(CCc2ccc(C(F)(F)F)nc2)c2ccc(Cl)cc12. The summed E-state index contributed by atoms with van der Waals surface area (Å²) in [6.45, 7) is 3.21. The van der Waals surface area contributed by atoms with E-state index in [1.807, 2.05) is 18.2 Å². The van der Waals surface area contributed by atoms with Gasteiger partial charge >= 0.3 is 6.18 Å². The van der Waals surface area contributed by atoms with E-state index in [0.717, 1.165) is 28.1 Å². The minimum Gasteiger partial charge on any atom is -0.347 e. The Morgan fingerprint density at radius 1 is 1.23 bits per heavy atom. The number of hydrogen-bond acceptors (Lipinski definition) is 2. The molecule has 1 aromatic carbocycles. The summed E-state index contributed by atoms with van der Waals surface area (Å²) in [5.41, 5.74) is 7.85. The molecule has 3 rings (SSSR count). The number of benzene rings is 1. The number of alkyl halides is 3. The largest absolute Gasteiger partial charge is 0.433 e. The van der Waals surface area contributed by atoms with E-state index in [1.165, 1.54) is 12.3 Å². The molecule has 0 radical (unpaired) electrons. The van der Waals surface area contributed by atoms with Crippen molar-refractivity contribution in [1.29, 1.82) is 0 Å². The van der Waals surface area contributed by atoms with E-state index in [2.05, 4.69) is 22.7 Å². The molecule has 7 heteroatoms. The molecule has 0 fully saturated rings. The van der Waals surface area contributed by atoms with Crippen LogP contribution in [0.1, 0.15) is 29.7 Å². The van der Waals surface area contributed by atoms with Gasteiger partial charge in [-0.05, 0) is 54.3 Å². The lowest BCUT2D eigenvalue weighted by Crippen LogP contribution is -2.09. The van der Waals surface area contributed by atoms with Gasteiger partial charge in [-0.1, -0.05) is 24.6 Å². The number of aromatic nitrogens is 2. The van der Waals surface area contributed by atoms with Crippen LogP contribution in [0.25, 0.3) is 10.9 Å². The van der Waals surface area contributed by atoms with Crippen molar-refractivity contribution < 1.29 is 13.2 Å². The molecule has 0 spiro atoms. The average Bonchev–Trinajstić information content (AvgIpc) is 2.96. The number of fused-ring (bicyclic) bond motifs is 1. The van der Waals surface area contributed by atoms with Crippen LogP contribution >= 0.6 is 11.6 Å². The topological polar surface area (TPSA) is 43.8 Å². The summed E-state index contributed by atoms with van der Waals surface area (Å²) in [6.07, 6.45) is -0.499. The van der Waals surface area contributed by atoms with Crippen LogP contribution in [0.15, 0.2) is 42.7 Å². The Kier molecular flexibility index (Phi) is 5.25. The number of aryl methyl sites for hydroxylation is 2. The maximum atomic E-state index is 12.6. The van der Waals surface area contributed by atoms with Crippen molar-refractivity contribution >= 4 is 22.5 Å². The minimum atomic E-state index is -4.41. The van der Waals surface area contributed by atoms with Crippen molar-refractivity contribution in [2.24, 2.45) is 5.73 Å². The van der Waals surface area contributed by atoms with Crippen LogP contribution in [-0.2, 0) is 19.1 Å². The number of pyridine rings is 1. The third-order valence-corrected chi connectivity index (χ3v) is 4.75. The molecular formula is C19H19ClF3N3. The fraction of sp³-hybridized carbons (Fsp3) is 0.316. The van der Waals surface area contributed by atoms with Gasteiger partial charge in [0.05, 0.1) is 0 Å². The highest BCUT2D eigenvalue weighted by Crippen LogP contribution is 2.30. The summed E-state index contributed by atoms with van der Waals surface area (Å²) in [6, 6.07) is 8.20. The lowest BCUT2D eigenvalue weighted by molar-refractivity contribution is -0.141. The molecule has 2 heterocycles. The summed E-state index contributed by atoms with van der Waals surface area (Å²) in [4.78, 5) is 3.51. The van der Waals surface area contributed by atoms with Crippen LogP contribution in [0, 0.1) is 0 Å². The smallest absolute Gasteiger partial charge is 0.347 e. The molecular weight excluding hydrogens is 363 g/mol. The molecule has 0 saturated carbocycles. The van der Waals surface area contributed by atoms with Gasteiger partial charge in [0.1, 0.15) is 5.69 Å². The quantitative estimate of drug-likeness (QED) is 0.674. The highest BCUT2D eigenvalue weighted by atomic mass is 35.5. The van der Waals surface area contributed by atoms with Crippen LogP contribution in [-0.4, -0.2) is 16.1 Å². The molecule has 0 bridgehead atoms. The molecule has 26 heavy (non-hydrogen) atoms. The van der Waals surface area contributed by atoms with Gasteiger partial charge in [0.15, 0.2) is 0 Å². The first-order valence-electron chi connectivity index (χ1n) is 8.30. The van der Waals surface area contributed by atoms with E-state index in [-0.39, 0.29) is 5.92 Å². The first-order valence-corrected chi connectivity index (χ1v) is 8.68. The maximum Gasteiger partial charge on any atom is 0.433 e. The monoisotopic (exact) mass is 381 g/mol. The maximum absolute atomic E-state index is 12.6. The van der Waals surface area contributed by atoms with Crippen LogP contribution in [0.5, 0.6) is 0 Å². The highest BCUT2D eigenvalue weighted by molar-refractivity contribution is 6.31. The molecule has 0 aliphatic rings. The Morgan fingerprint density at radius 2 is 2.00 bits per heavy atom. The molecule has 3 aromatic rings. The molecule has 138 valence electrons. The molecule has 2 N–H and O–H groups in total. The Labute approximate surface area is 154 Å². The Bertz CT molecular complexity index is 901. The fourth-order valence-corrected chi connectivity index (χ4v) is 3.16. The van der Waals surface area contributed by atoms with Crippen LogP contribution in [0.3, 0.4) is 0 Å². The molecule has 0 saturated heterocycles. The standard InChI is InChI=1S/C19H19ClF3N3/c1-12(9-24)16-11-26(17-4-3-14(20)8-15(16)17)7-6-13-2-5-18(25-10-13)19(21,22)23/h2-5,8,10-12H,6-7,9,24H2,1H3. The molecule has 0 aliphatic carbocycles. The second-order valence-corrected chi connectivity index (χ2v) is 6.81. The van der Waals surface area contributed by atoms with Gasteiger partial charge in [0.2, 0.25) is 0 Å². The van der Waals surface area contributed by atoms with Crippen LogP contribution in [0.2, 0.25) is 5.02 Å². The third kappa shape index (κ3) is 3.86. The molecule has 0 amide bonds. The van der Waals surface area contributed by atoms with E-state index < -0.39 is 11.9 Å². The van der Waals surface area contributed by atoms with Gasteiger partial charge in [-0.2, -0.15) is 13.2 Å². The van der Waals surface area contributed by atoms with E-state index in [0.29, 0.717) is 24.5 Å². The predicted octanol–water partition coefficient (Wildman–Crippen LogP) is 5.01. The lowest BCUT2D eigenvalue weighted by atomic mass is 10.0. The molecule has 0 aliphatic heterocycles. The minimum absolute atomic E-state index is 0.185. The third-order valence-electron chi connectivity index (χ3n) is 4.51. The van der Waals surface area contributed by atoms with Crippen molar-refractivity contribution in [3.05, 3.63) is 64.6 Å². The van der Waals surface area contributed by atoms with Gasteiger partial charge in [-0.25, -0.2) is 0 Å². The number of nitrogens with zero attached hydrogens (tertiary/aromatic N) is 2. The zero-order valence-corrected chi connectivity index (χ0v) is 15.0. The van der Waals surface area contributed by atoms with Gasteiger partial charge in [-0.3, -0.25) is 4.98 Å². The summed E-state index contributed by atoms with van der Waals surface area (Å²) in [5, 5.41) is 1.72. The van der Waals surface area contributed by atoms with E-state index in [9.17, 15) is 13.2 Å². The number of nitrogens with two attached hydrogens (primary N) is 1. The second-order valence-electron chi connectivity index (χ2n) is 6.38. The van der Waals surface area contributed by atoms with Gasteiger partial charge in [-0.15, -0.1) is 0 Å². The Balaban J connectivity index is 1.85. The first-order chi connectivity index (χ1) is 12.3. The van der Waals surface area contributed by atoms with Crippen LogP contribution < -0.4 is 5.73 Å². The zero-order chi connectivity index (χ0) is 18.9. The highest BCUT2D eigenvalue weighted by Gasteiger charge is 2.31. The number of halogens is 4. The first kappa shape index (κ1) is 18.7. The van der Waals surface area contributed by atoms with Gasteiger partial charge < -0.3 is 10.3 Å². The van der Waals surface area contributed by atoms with E-state index in [4.69, 9.17) is 17.3 Å². The zero-order valence-electron chi connectivity index (χ0n) is 14.2. The molecule has 2 aromatic heterocycles. The van der Waals surface area contributed by atoms with Crippen molar-refractivity contribution in [1.82, 2.24) is 9.55 Å².